The van der Waals surface area contributed by atoms with E-state index in [2.05, 4.69) is 9.88 Å². The molecule has 0 bridgehead atoms. The van der Waals surface area contributed by atoms with E-state index in [1.807, 2.05) is 26.0 Å². The number of aromatic nitrogens is 1. The Hall–Kier alpha value is -1.17. The maximum atomic E-state index is 9.26. The first-order valence-corrected chi connectivity index (χ1v) is 6.20. The number of aliphatic hydroxyl groups is 1. The van der Waals surface area contributed by atoms with Gasteiger partial charge in [0.2, 0.25) is 0 Å². The van der Waals surface area contributed by atoms with Gasteiger partial charge in [-0.15, -0.1) is 0 Å². The zero-order valence-corrected chi connectivity index (χ0v) is 11.0. The molecule has 1 aliphatic rings. The predicted octanol–water partition coefficient (Wildman–Crippen LogP) is 0.636. The third kappa shape index (κ3) is 3.41. The number of morpholine rings is 1. The molecule has 5 heteroatoms. The van der Waals surface area contributed by atoms with Crippen molar-refractivity contribution in [2.45, 2.75) is 32.1 Å². The third-order valence-electron chi connectivity index (χ3n) is 3.01. The summed E-state index contributed by atoms with van der Waals surface area (Å²) in [5.74, 6) is 0.536. The van der Waals surface area contributed by atoms with Crippen molar-refractivity contribution in [2.24, 2.45) is 0 Å². The normalized spacial score (nSPS) is 24.1. The summed E-state index contributed by atoms with van der Waals surface area (Å²) < 4.78 is 5.78. The zero-order valence-electron chi connectivity index (χ0n) is 11.0. The van der Waals surface area contributed by atoms with Crippen LogP contribution in [0, 0.1) is 0 Å². The van der Waals surface area contributed by atoms with E-state index in [4.69, 9.17) is 10.5 Å². The number of nitrogens with two attached hydrogens (primary N) is 1. The molecule has 1 aromatic heterocycles. The van der Waals surface area contributed by atoms with Gasteiger partial charge in [-0.05, 0) is 25.5 Å². The Morgan fingerprint density at radius 2 is 2.33 bits per heavy atom. The van der Waals surface area contributed by atoms with Crippen LogP contribution < -0.4 is 5.73 Å². The summed E-state index contributed by atoms with van der Waals surface area (Å²) in [5, 5.41) is 9.26. The molecular weight excluding hydrogens is 230 g/mol. The molecule has 0 radical (unpaired) electrons. The van der Waals surface area contributed by atoms with E-state index in [9.17, 15) is 5.11 Å². The highest BCUT2D eigenvalue weighted by Crippen LogP contribution is 2.22. The van der Waals surface area contributed by atoms with Gasteiger partial charge in [-0.3, -0.25) is 4.90 Å². The second kappa shape index (κ2) is 5.22. The Labute approximate surface area is 108 Å². The average Bonchev–Trinajstić information content (AvgIpc) is 2.30. The predicted molar refractivity (Wildman–Crippen MR) is 70.0 cm³/mol. The van der Waals surface area contributed by atoms with E-state index in [0.717, 1.165) is 25.2 Å². The molecule has 1 aliphatic heterocycles. The number of anilines is 1. The van der Waals surface area contributed by atoms with Crippen molar-refractivity contribution in [1.29, 1.82) is 0 Å². The summed E-state index contributed by atoms with van der Waals surface area (Å²) in [6, 6.07) is 3.79. The van der Waals surface area contributed by atoms with Crippen LogP contribution in [0.4, 0.5) is 5.82 Å². The first-order chi connectivity index (χ1) is 8.48. The number of hydrogen-bond donors (Lipinski definition) is 2. The molecule has 0 amide bonds. The van der Waals surface area contributed by atoms with Crippen molar-refractivity contribution in [3.63, 3.8) is 0 Å². The molecule has 0 aliphatic carbocycles. The van der Waals surface area contributed by atoms with Gasteiger partial charge in [0.25, 0.3) is 0 Å². The van der Waals surface area contributed by atoms with Crippen molar-refractivity contribution < 1.29 is 9.84 Å². The van der Waals surface area contributed by atoms with E-state index >= 15 is 0 Å². The molecule has 0 aromatic carbocycles. The Kier molecular flexibility index (Phi) is 3.85. The van der Waals surface area contributed by atoms with Gasteiger partial charge in [-0.2, -0.15) is 0 Å². The monoisotopic (exact) mass is 251 g/mol. The van der Waals surface area contributed by atoms with E-state index in [1.165, 1.54) is 0 Å². The van der Waals surface area contributed by atoms with E-state index in [-0.39, 0.29) is 18.3 Å². The van der Waals surface area contributed by atoms with Gasteiger partial charge in [0.15, 0.2) is 0 Å². The van der Waals surface area contributed by atoms with Crippen LogP contribution in [0.1, 0.15) is 19.4 Å². The molecule has 1 fully saturated rings. The van der Waals surface area contributed by atoms with Crippen LogP contribution >= 0.6 is 0 Å². The standard InChI is InChI=1S/C13H21N3O2/c1-13(2)9-16(7-11(8-17)18-13)6-10-3-4-12(14)15-5-10/h3-5,11,17H,6-9H2,1-2H3,(H2,14,15). The quantitative estimate of drug-likeness (QED) is 0.824. The van der Waals surface area contributed by atoms with Crippen LogP contribution in [-0.2, 0) is 11.3 Å². The summed E-state index contributed by atoms with van der Waals surface area (Å²) >= 11 is 0. The molecular formula is C13H21N3O2. The molecule has 100 valence electrons. The lowest BCUT2D eigenvalue weighted by molar-refractivity contribution is -0.150. The molecule has 0 spiro atoms. The summed E-state index contributed by atoms with van der Waals surface area (Å²) in [4.78, 5) is 6.37. The molecule has 2 rings (SSSR count). The minimum atomic E-state index is -0.229. The largest absolute Gasteiger partial charge is 0.394 e. The number of hydrogen-bond acceptors (Lipinski definition) is 5. The van der Waals surface area contributed by atoms with Gasteiger partial charge >= 0.3 is 0 Å². The average molecular weight is 251 g/mol. The first-order valence-electron chi connectivity index (χ1n) is 6.20. The summed E-state index contributed by atoms with van der Waals surface area (Å²) in [6.45, 7) is 6.53. The van der Waals surface area contributed by atoms with Crippen molar-refractivity contribution in [3.05, 3.63) is 23.9 Å². The lowest BCUT2D eigenvalue weighted by Gasteiger charge is -2.42. The number of aliphatic hydroxyl groups excluding tert-OH is 1. The highest BCUT2D eigenvalue weighted by molar-refractivity contribution is 5.29. The highest BCUT2D eigenvalue weighted by Gasteiger charge is 2.32. The van der Waals surface area contributed by atoms with Gasteiger partial charge in [0.1, 0.15) is 5.82 Å². The van der Waals surface area contributed by atoms with Crippen LogP contribution in [0.25, 0.3) is 0 Å². The third-order valence-corrected chi connectivity index (χ3v) is 3.01. The highest BCUT2D eigenvalue weighted by atomic mass is 16.5. The fraction of sp³-hybridized carbons (Fsp3) is 0.615. The van der Waals surface area contributed by atoms with E-state index < -0.39 is 0 Å². The van der Waals surface area contributed by atoms with Crippen LogP contribution in [-0.4, -0.2) is 46.4 Å². The van der Waals surface area contributed by atoms with Crippen LogP contribution in [0.15, 0.2) is 18.3 Å². The lowest BCUT2D eigenvalue weighted by Crippen LogP contribution is -2.53. The summed E-state index contributed by atoms with van der Waals surface area (Å²) in [7, 11) is 0. The molecule has 2 heterocycles. The lowest BCUT2D eigenvalue weighted by atomic mass is 10.0. The number of ether oxygens (including phenoxy) is 1. The van der Waals surface area contributed by atoms with Gasteiger partial charge in [0.05, 0.1) is 18.3 Å². The Morgan fingerprint density at radius 3 is 2.94 bits per heavy atom. The Bertz CT molecular complexity index is 392. The maximum Gasteiger partial charge on any atom is 0.123 e. The number of pyridine rings is 1. The van der Waals surface area contributed by atoms with Crippen molar-refractivity contribution in [2.75, 3.05) is 25.4 Å². The maximum absolute atomic E-state index is 9.26. The molecule has 1 unspecified atom stereocenters. The van der Waals surface area contributed by atoms with Gasteiger partial charge in [-0.25, -0.2) is 4.98 Å². The summed E-state index contributed by atoms with van der Waals surface area (Å²) in [6.07, 6.45) is 1.68. The zero-order chi connectivity index (χ0) is 13.2. The molecule has 5 nitrogen and oxygen atoms in total. The van der Waals surface area contributed by atoms with Crippen molar-refractivity contribution in [3.8, 4) is 0 Å². The van der Waals surface area contributed by atoms with Gasteiger partial charge in [-0.1, -0.05) is 6.07 Å². The van der Waals surface area contributed by atoms with Crippen molar-refractivity contribution in [1.82, 2.24) is 9.88 Å². The SMILES string of the molecule is CC1(C)CN(Cc2ccc(N)nc2)CC(CO)O1. The van der Waals surface area contributed by atoms with Crippen LogP contribution in [0.3, 0.4) is 0 Å². The van der Waals surface area contributed by atoms with Crippen LogP contribution in [0.2, 0.25) is 0 Å². The van der Waals surface area contributed by atoms with E-state index in [1.54, 1.807) is 6.20 Å². The second-order valence-corrected chi connectivity index (χ2v) is 5.44. The Morgan fingerprint density at radius 1 is 1.56 bits per heavy atom. The van der Waals surface area contributed by atoms with Crippen molar-refractivity contribution >= 4 is 5.82 Å². The number of rotatable bonds is 3. The molecule has 18 heavy (non-hydrogen) atoms. The second-order valence-electron chi connectivity index (χ2n) is 5.44. The minimum absolute atomic E-state index is 0.0555. The van der Waals surface area contributed by atoms with Gasteiger partial charge < -0.3 is 15.6 Å². The topological polar surface area (TPSA) is 71.6 Å². The molecule has 1 aromatic rings. The smallest absolute Gasteiger partial charge is 0.123 e. The van der Waals surface area contributed by atoms with E-state index in [0.29, 0.717) is 5.82 Å². The Balaban J connectivity index is 2.02. The summed E-state index contributed by atoms with van der Waals surface area (Å²) in [5.41, 5.74) is 6.46. The number of nitrogen functional groups attached to an aromatic ring is 1. The molecule has 1 saturated heterocycles. The molecule has 0 saturated carbocycles. The fourth-order valence-electron chi connectivity index (χ4n) is 2.42. The fourth-order valence-corrected chi connectivity index (χ4v) is 2.42. The first kappa shape index (κ1) is 13.3. The number of nitrogens with zero attached hydrogens (tertiary/aromatic N) is 2. The minimum Gasteiger partial charge on any atom is -0.394 e. The molecule has 1 atom stereocenters. The van der Waals surface area contributed by atoms with Crippen LogP contribution in [0.5, 0.6) is 0 Å². The van der Waals surface area contributed by atoms with Gasteiger partial charge in [0, 0.05) is 25.8 Å². The molecule has 3 N–H and O–H groups in total.